The van der Waals surface area contributed by atoms with Crippen molar-refractivity contribution in [3.63, 3.8) is 0 Å². The number of β-amino-alcohol motifs (C(OH)–C–C–N with tert-alkyl or cyclic N) is 1. The van der Waals surface area contributed by atoms with Crippen LogP contribution in [0.5, 0.6) is 0 Å². The molecule has 8 nitrogen and oxygen atoms in total. The molecule has 0 unspecified atom stereocenters. The molecule has 1 saturated heterocycles. The van der Waals surface area contributed by atoms with E-state index in [0.717, 1.165) is 9.87 Å². The van der Waals surface area contributed by atoms with Gasteiger partial charge in [-0.25, -0.2) is 12.7 Å². The van der Waals surface area contributed by atoms with E-state index in [1.807, 2.05) is 24.1 Å². The number of amides is 1. The standard InChI is InChI=1S/C16H26N4O4S/c1-18(2)25(23,24)12-14-9-20(10-15(14)21)16(22)11-19(3)8-13-4-6-17-7-5-13/h4-7,14-15,21H,8-12H2,1-3H3/t14-,15+/m0/s1. The van der Waals surface area contributed by atoms with E-state index in [1.165, 1.54) is 14.1 Å². The minimum absolute atomic E-state index is 0.111. The molecule has 25 heavy (non-hydrogen) atoms. The summed E-state index contributed by atoms with van der Waals surface area (Å²) in [5.41, 5.74) is 1.06. The fraction of sp³-hybridized carbons (Fsp3) is 0.625. The Kier molecular flexibility index (Phi) is 6.50. The molecule has 2 heterocycles. The van der Waals surface area contributed by atoms with Gasteiger partial charge in [-0.15, -0.1) is 0 Å². The maximum atomic E-state index is 12.4. The fourth-order valence-electron chi connectivity index (χ4n) is 2.83. The average Bonchev–Trinajstić information content (AvgIpc) is 2.88. The lowest BCUT2D eigenvalue weighted by atomic mass is 10.1. The van der Waals surface area contributed by atoms with E-state index in [2.05, 4.69) is 4.98 Å². The fourth-order valence-corrected chi connectivity index (χ4v) is 3.99. The van der Waals surface area contributed by atoms with Gasteiger partial charge in [-0.2, -0.15) is 0 Å². The molecule has 1 amide bonds. The molecule has 1 aromatic rings. The third-order valence-corrected chi connectivity index (χ3v) is 6.31. The van der Waals surface area contributed by atoms with Crippen molar-refractivity contribution in [2.75, 3.05) is 46.5 Å². The van der Waals surface area contributed by atoms with Gasteiger partial charge in [0.25, 0.3) is 0 Å². The Morgan fingerprint density at radius 1 is 1.28 bits per heavy atom. The highest BCUT2D eigenvalue weighted by atomic mass is 32.2. The number of likely N-dealkylation sites (N-methyl/N-ethyl adjacent to an activating group) is 1. The Labute approximate surface area is 149 Å². The molecule has 2 rings (SSSR count). The molecule has 1 N–H and O–H groups in total. The number of likely N-dealkylation sites (tertiary alicyclic amines) is 1. The van der Waals surface area contributed by atoms with Crippen LogP contribution in [0, 0.1) is 5.92 Å². The summed E-state index contributed by atoms with van der Waals surface area (Å²) >= 11 is 0. The summed E-state index contributed by atoms with van der Waals surface area (Å²) in [6, 6.07) is 3.78. The first-order valence-corrected chi connectivity index (χ1v) is 9.73. The lowest BCUT2D eigenvalue weighted by molar-refractivity contribution is -0.131. The van der Waals surface area contributed by atoms with E-state index in [4.69, 9.17) is 0 Å². The van der Waals surface area contributed by atoms with Crippen molar-refractivity contribution in [3.05, 3.63) is 30.1 Å². The number of pyridine rings is 1. The average molecular weight is 370 g/mol. The van der Waals surface area contributed by atoms with E-state index >= 15 is 0 Å². The van der Waals surface area contributed by atoms with Crippen LogP contribution in [-0.4, -0.2) is 91.2 Å². The van der Waals surface area contributed by atoms with Gasteiger partial charge in [0.1, 0.15) is 0 Å². The van der Waals surface area contributed by atoms with Crippen molar-refractivity contribution in [1.29, 1.82) is 0 Å². The number of aliphatic hydroxyl groups excluding tert-OH is 1. The van der Waals surface area contributed by atoms with Gasteiger partial charge in [0.05, 0.1) is 18.4 Å². The largest absolute Gasteiger partial charge is 0.391 e. The van der Waals surface area contributed by atoms with E-state index in [1.54, 1.807) is 17.3 Å². The summed E-state index contributed by atoms with van der Waals surface area (Å²) in [5, 5.41) is 10.1. The molecule has 0 bridgehead atoms. The molecule has 1 aliphatic rings. The van der Waals surface area contributed by atoms with Crippen LogP contribution < -0.4 is 0 Å². The van der Waals surface area contributed by atoms with E-state index in [9.17, 15) is 18.3 Å². The molecule has 9 heteroatoms. The molecule has 1 fully saturated rings. The van der Waals surface area contributed by atoms with Gasteiger partial charge in [0.15, 0.2) is 0 Å². The van der Waals surface area contributed by atoms with Gasteiger partial charge in [0.2, 0.25) is 15.9 Å². The number of aliphatic hydroxyl groups is 1. The van der Waals surface area contributed by atoms with Gasteiger partial charge in [-0.05, 0) is 24.7 Å². The van der Waals surface area contributed by atoms with Crippen molar-refractivity contribution in [2.45, 2.75) is 12.6 Å². The normalized spacial score (nSPS) is 21.3. The van der Waals surface area contributed by atoms with Crippen LogP contribution in [-0.2, 0) is 21.4 Å². The number of aromatic nitrogens is 1. The highest BCUT2D eigenvalue weighted by Gasteiger charge is 2.37. The molecule has 1 aromatic heterocycles. The van der Waals surface area contributed by atoms with Crippen molar-refractivity contribution in [3.8, 4) is 0 Å². The third-order valence-electron chi connectivity index (χ3n) is 4.35. The molecular weight excluding hydrogens is 344 g/mol. The Morgan fingerprint density at radius 3 is 2.52 bits per heavy atom. The summed E-state index contributed by atoms with van der Waals surface area (Å²) in [6.45, 7) is 1.26. The van der Waals surface area contributed by atoms with Crippen molar-refractivity contribution in [2.24, 2.45) is 5.92 Å². The minimum atomic E-state index is -3.41. The SMILES string of the molecule is CN(CC(=O)N1C[C@@H](CS(=O)(=O)N(C)C)[C@H](O)C1)Cc1ccncc1. The van der Waals surface area contributed by atoms with Gasteiger partial charge < -0.3 is 10.0 Å². The number of hydrogen-bond donors (Lipinski definition) is 1. The maximum Gasteiger partial charge on any atom is 0.236 e. The first-order valence-electron chi connectivity index (χ1n) is 8.12. The van der Waals surface area contributed by atoms with Crippen molar-refractivity contribution < 1.29 is 18.3 Å². The van der Waals surface area contributed by atoms with Crippen molar-refractivity contribution >= 4 is 15.9 Å². The molecular formula is C16H26N4O4S. The zero-order valence-electron chi connectivity index (χ0n) is 14.9. The number of carbonyl (C=O) groups is 1. The van der Waals surface area contributed by atoms with E-state index in [0.29, 0.717) is 6.54 Å². The first-order chi connectivity index (χ1) is 11.7. The van der Waals surface area contributed by atoms with Crippen LogP contribution in [0.25, 0.3) is 0 Å². The topological polar surface area (TPSA) is 94.1 Å². The van der Waals surface area contributed by atoms with Crippen molar-refractivity contribution in [1.82, 2.24) is 19.1 Å². The van der Waals surface area contributed by atoms with E-state index in [-0.39, 0.29) is 31.3 Å². The predicted molar refractivity (Wildman–Crippen MR) is 94.1 cm³/mol. The van der Waals surface area contributed by atoms with Gasteiger partial charge in [-0.1, -0.05) is 0 Å². The number of rotatable bonds is 7. The predicted octanol–water partition coefficient (Wildman–Crippen LogP) is -0.776. The highest BCUT2D eigenvalue weighted by molar-refractivity contribution is 7.89. The smallest absolute Gasteiger partial charge is 0.236 e. The molecule has 0 saturated carbocycles. The summed E-state index contributed by atoms with van der Waals surface area (Å²) in [7, 11) is 1.37. The maximum absolute atomic E-state index is 12.4. The second-order valence-corrected chi connectivity index (χ2v) is 8.94. The lowest BCUT2D eigenvalue weighted by Crippen LogP contribution is -2.38. The zero-order valence-corrected chi connectivity index (χ0v) is 15.7. The highest BCUT2D eigenvalue weighted by Crippen LogP contribution is 2.20. The van der Waals surface area contributed by atoms with Crippen LogP contribution in [0.1, 0.15) is 5.56 Å². The van der Waals surface area contributed by atoms with Crippen LogP contribution >= 0.6 is 0 Å². The van der Waals surface area contributed by atoms with Gasteiger partial charge in [-0.3, -0.25) is 14.7 Å². The monoisotopic (exact) mass is 370 g/mol. The van der Waals surface area contributed by atoms with Gasteiger partial charge >= 0.3 is 0 Å². The quantitative estimate of drug-likeness (QED) is 0.677. The zero-order chi connectivity index (χ0) is 18.6. The number of carbonyl (C=O) groups excluding carboxylic acids is 1. The molecule has 2 atom stereocenters. The summed E-state index contributed by atoms with van der Waals surface area (Å²) in [6.07, 6.45) is 2.60. The Morgan fingerprint density at radius 2 is 1.92 bits per heavy atom. The number of hydrogen-bond acceptors (Lipinski definition) is 6. The second-order valence-electron chi connectivity index (χ2n) is 6.71. The van der Waals surface area contributed by atoms with Crippen LogP contribution in [0.15, 0.2) is 24.5 Å². The van der Waals surface area contributed by atoms with Gasteiger partial charge in [0, 0.05) is 52.0 Å². The lowest BCUT2D eigenvalue weighted by Gasteiger charge is -2.21. The third kappa shape index (κ3) is 5.46. The molecule has 0 radical (unpaired) electrons. The Hall–Kier alpha value is -1.55. The van der Waals surface area contributed by atoms with Crippen LogP contribution in [0.3, 0.4) is 0 Å². The second kappa shape index (κ2) is 8.22. The first kappa shape index (κ1) is 19.8. The molecule has 0 aromatic carbocycles. The number of sulfonamides is 1. The molecule has 0 aliphatic carbocycles. The molecule has 140 valence electrons. The minimum Gasteiger partial charge on any atom is -0.391 e. The van der Waals surface area contributed by atoms with Crippen LogP contribution in [0.4, 0.5) is 0 Å². The Balaban J connectivity index is 1.88. The van der Waals surface area contributed by atoms with Crippen LogP contribution in [0.2, 0.25) is 0 Å². The Bertz CT molecular complexity index is 681. The summed E-state index contributed by atoms with van der Waals surface area (Å²) in [5.74, 6) is -0.722. The molecule has 1 aliphatic heterocycles. The molecule has 0 spiro atoms. The summed E-state index contributed by atoms with van der Waals surface area (Å²) in [4.78, 5) is 19.8. The summed E-state index contributed by atoms with van der Waals surface area (Å²) < 4.78 is 25.1. The number of nitrogens with zero attached hydrogens (tertiary/aromatic N) is 4. The van der Waals surface area contributed by atoms with E-state index < -0.39 is 22.0 Å².